The zero-order valence-electron chi connectivity index (χ0n) is 11.4. The van der Waals surface area contributed by atoms with Crippen LogP contribution < -0.4 is 0 Å². The number of aryl methyl sites for hydroxylation is 3. The molecular weight excluding hydrogens is 258 g/mol. The number of fused-ring (bicyclic) bond motifs is 1. The maximum absolute atomic E-state index is 5.89. The Hall–Kier alpha value is -1.09. The lowest BCUT2D eigenvalue weighted by Gasteiger charge is -2.25. The van der Waals surface area contributed by atoms with Crippen LogP contribution in [0.4, 0.5) is 0 Å². The van der Waals surface area contributed by atoms with E-state index in [1.165, 1.54) is 25.7 Å². The van der Waals surface area contributed by atoms with Gasteiger partial charge in [-0.2, -0.15) is 0 Å². The van der Waals surface area contributed by atoms with Crippen molar-refractivity contribution in [3.63, 3.8) is 0 Å². The highest BCUT2D eigenvalue weighted by molar-refractivity contribution is 6.17. The van der Waals surface area contributed by atoms with Crippen molar-refractivity contribution in [1.29, 1.82) is 0 Å². The molecule has 0 aromatic carbocycles. The van der Waals surface area contributed by atoms with Crippen LogP contribution in [0.15, 0.2) is 12.1 Å². The van der Waals surface area contributed by atoms with Gasteiger partial charge >= 0.3 is 0 Å². The fourth-order valence-electron chi connectivity index (χ4n) is 2.75. The van der Waals surface area contributed by atoms with E-state index in [-0.39, 0.29) is 0 Å². The molecule has 3 nitrogen and oxygen atoms in total. The Balaban J connectivity index is 1.91. The Morgan fingerprint density at radius 3 is 2.84 bits per heavy atom. The molecule has 0 atom stereocenters. The lowest BCUT2D eigenvalue weighted by molar-refractivity contribution is 0.282. The van der Waals surface area contributed by atoms with E-state index in [1.807, 2.05) is 13.0 Å². The van der Waals surface area contributed by atoms with Crippen molar-refractivity contribution in [2.45, 2.75) is 45.6 Å². The monoisotopic (exact) mass is 277 g/mol. The minimum Gasteiger partial charge on any atom is -0.313 e. The van der Waals surface area contributed by atoms with Gasteiger partial charge in [0.1, 0.15) is 11.3 Å². The minimum atomic E-state index is 0.617. The van der Waals surface area contributed by atoms with Crippen molar-refractivity contribution in [3.05, 3.63) is 23.7 Å². The molecule has 1 aliphatic carbocycles. The van der Waals surface area contributed by atoms with E-state index in [0.717, 1.165) is 41.6 Å². The highest BCUT2D eigenvalue weighted by atomic mass is 35.5. The van der Waals surface area contributed by atoms with Gasteiger partial charge in [-0.15, -0.1) is 11.6 Å². The van der Waals surface area contributed by atoms with Crippen molar-refractivity contribution >= 4 is 22.8 Å². The summed E-state index contributed by atoms with van der Waals surface area (Å²) in [4.78, 5) is 9.34. The maximum atomic E-state index is 5.89. The van der Waals surface area contributed by atoms with Crippen molar-refractivity contribution in [3.8, 4) is 0 Å². The molecule has 4 heteroatoms. The highest BCUT2D eigenvalue weighted by Crippen LogP contribution is 2.30. The van der Waals surface area contributed by atoms with Crippen LogP contribution >= 0.6 is 11.6 Å². The highest BCUT2D eigenvalue weighted by Gasteiger charge is 2.19. The molecule has 2 heterocycles. The number of imidazole rings is 1. The summed E-state index contributed by atoms with van der Waals surface area (Å²) < 4.78 is 2.28. The van der Waals surface area contributed by atoms with Crippen LogP contribution in [0, 0.1) is 12.8 Å². The predicted molar refractivity (Wildman–Crippen MR) is 78.6 cm³/mol. The number of pyridine rings is 1. The van der Waals surface area contributed by atoms with Crippen LogP contribution in [0.2, 0.25) is 0 Å². The van der Waals surface area contributed by atoms with Crippen LogP contribution in [0.3, 0.4) is 0 Å². The molecule has 0 unspecified atom stereocenters. The summed E-state index contributed by atoms with van der Waals surface area (Å²) in [5.74, 6) is 2.61. The van der Waals surface area contributed by atoms with E-state index < -0.39 is 0 Å². The largest absolute Gasteiger partial charge is 0.313 e. The minimum absolute atomic E-state index is 0.617. The second-order valence-electron chi connectivity index (χ2n) is 5.50. The van der Waals surface area contributed by atoms with Gasteiger partial charge in [-0.3, -0.25) is 0 Å². The summed E-state index contributed by atoms with van der Waals surface area (Å²) in [5, 5.41) is 0. The Labute approximate surface area is 119 Å². The molecular formula is C15H20ClN3. The van der Waals surface area contributed by atoms with Crippen molar-refractivity contribution < 1.29 is 0 Å². The second-order valence-corrected chi connectivity index (χ2v) is 5.88. The molecule has 0 radical (unpaired) electrons. The van der Waals surface area contributed by atoms with Crippen LogP contribution in [0.5, 0.6) is 0 Å². The standard InChI is InChI=1S/C15H20ClN3/c1-11-5-6-13-15(17-11)19(14(18-13)7-9-16)10-8-12-3-2-4-12/h5-6,12H,2-4,7-10H2,1H3. The Kier molecular flexibility index (Phi) is 3.74. The molecule has 2 aromatic heterocycles. The normalized spacial score (nSPS) is 15.9. The molecule has 19 heavy (non-hydrogen) atoms. The van der Waals surface area contributed by atoms with Gasteiger partial charge in [0.25, 0.3) is 0 Å². The van der Waals surface area contributed by atoms with Crippen LogP contribution in [-0.2, 0) is 13.0 Å². The Bertz CT molecular complexity index is 572. The van der Waals surface area contributed by atoms with E-state index in [9.17, 15) is 0 Å². The van der Waals surface area contributed by atoms with Gasteiger partial charge in [0, 0.05) is 24.5 Å². The number of rotatable bonds is 5. The SMILES string of the molecule is Cc1ccc2nc(CCCl)n(CCC3CCC3)c2n1. The fraction of sp³-hybridized carbons (Fsp3) is 0.600. The fourth-order valence-corrected chi connectivity index (χ4v) is 2.92. The number of aromatic nitrogens is 3. The summed E-state index contributed by atoms with van der Waals surface area (Å²) >= 11 is 5.89. The molecule has 2 aromatic rings. The molecule has 0 saturated heterocycles. The zero-order chi connectivity index (χ0) is 13.2. The van der Waals surface area contributed by atoms with E-state index in [0.29, 0.717) is 5.88 Å². The third-order valence-corrected chi connectivity index (χ3v) is 4.30. The topological polar surface area (TPSA) is 30.7 Å². The van der Waals surface area contributed by atoms with Crippen LogP contribution in [0.1, 0.15) is 37.2 Å². The van der Waals surface area contributed by atoms with E-state index in [4.69, 9.17) is 11.6 Å². The summed E-state index contributed by atoms with van der Waals surface area (Å²) in [6.07, 6.45) is 6.26. The number of alkyl halides is 1. The summed E-state index contributed by atoms with van der Waals surface area (Å²) in [6.45, 7) is 3.06. The molecule has 1 saturated carbocycles. The Morgan fingerprint density at radius 2 is 2.16 bits per heavy atom. The first-order valence-corrected chi connectivity index (χ1v) is 7.70. The molecule has 1 fully saturated rings. The zero-order valence-corrected chi connectivity index (χ0v) is 12.2. The Morgan fingerprint density at radius 1 is 1.32 bits per heavy atom. The molecule has 102 valence electrons. The van der Waals surface area contributed by atoms with Gasteiger partial charge in [0.15, 0.2) is 5.65 Å². The first kappa shape index (κ1) is 12.9. The molecule has 1 aliphatic rings. The van der Waals surface area contributed by atoms with Gasteiger partial charge in [-0.1, -0.05) is 19.3 Å². The third kappa shape index (κ3) is 2.62. The summed E-state index contributed by atoms with van der Waals surface area (Å²) in [7, 11) is 0. The third-order valence-electron chi connectivity index (χ3n) is 4.11. The average Bonchev–Trinajstić information content (AvgIpc) is 2.66. The van der Waals surface area contributed by atoms with E-state index in [2.05, 4.69) is 20.6 Å². The first-order chi connectivity index (χ1) is 9.28. The van der Waals surface area contributed by atoms with Crippen LogP contribution in [0.25, 0.3) is 11.2 Å². The molecule has 0 amide bonds. The number of nitrogens with zero attached hydrogens (tertiary/aromatic N) is 3. The average molecular weight is 278 g/mol. The van der Waals surface area contributed by atoms with Gasteiger partial charge < -0.3 is 4.57 Å². The molecule has 0 aliphatic heterocycles. The summed E-state index contributed by atoms with van der Waals surface area (Å²) in [5.41, 5.74) is 3.08. The van der Waals surface area contributed by atoms with E-state index in [1.54, 1.807) is 0 Å². The molecule has 0 spiro atoms. The number of hydrogen-bond donors (Lipinski definition) is 0. The van der Waals surface area contributed by atoms with Gasteiger partial charge in [0.05, 0.1) is 0 Å². The van der Waals surface area contributed by atoms with Crippen LogP contribution in [-0.4, -0.2) is 20.4 Å². The lowest BCUT2D eigenvalue weighted by atomic mass is 9.83. The second kappa shape index (κ2) is 5.49. The van der Waals surface area contributed by atoms with Gasteiger partial charge in [-0.05, 0) is 31.4 Å². The van der Waals surface area contributed by atoms with Crippen molar-refractivity contribution in [2.24, 2.45) is 5.92 Å². The summed E-state index contributed by atoms with van der Waals surface area (Å²) in [6, 6.07) is 4.09. The lowest BCUT2D eigenvalue weighted by Crippen LogP contribution is -2.15. The smallest absolute Gasteiger partial charge is 0.160 e. The molecule has 3 rings (SSSR count). The molecule has 0 bridgehead atoms. The number of halogens is 1. The maximum Gasteiger partial charge on any atom is 0.160 e. The quantitative estimate of drug-likeness (QED) is 0.780. The van der Waals surface area contributed by atoms with Crippen molar-refractivity contribution in [2.75, 3.05) is 5.88 Å². The van der Waals surface area contributed by atoms with Gasteiger partial charge in [-0.25, -0.2) is 9.97 Å². The van der Waals surface area contributed by atoms with E-state index >= 15 is 0 Å². The molecule has 0 N–H and O–H groups in total. The number of hydrogen-bond acceptors (Lipinski definition) is 2. The predicted octanol–water partition coefficient (Wildman–Crippen LogP) is 3.71. The van der Waals surface area contributed by atoms with Crippen molar-refractivity contribution in [1.82, 2.24) is 14.5 Å². The van der Waals surface area contributed by atoms with Gasteiger partial charge in [0.2, 0.25) is 0 Å². The first-order valence-electron chi connectivity index (χ1n) is 7.16.